The molecule has 148 valence electrons. The lowest BCUT2D eigenvalue weighted by atomic mass is 10.2. The topological polar surface area (TPSA) is 28.7 Å². The van der Waals surface area contributed by atoms with Gasteiger partial charge in [0.25, 0.3) is 0 Å². The van der Waals surface area contributed by atoms with Crippen molar-refractivity contribution in [2.24, 2.45) is 0 Å². The number of hydrogen-bond donors (Lipinski definition) is 0. The van der Waals surface area contributed by atoms with Crippen LogP contribution in [-0.4, -0.2) is 56.7 Å². The van der Waals surface area contributed by atoms with Gasteiger partial charge in [-0.25, -0.2) is 4.68 Å². The maximum atomic E-state index is 5.73. The Balaban J connectivity index is 1.20. The monoisotopic (exact) mass is 421 g/mol. The molecule has 29 heavy (non-hydrogen) atoms. The number of fused-ring (bicyclic) bond motifs is 3. The minimum atomic E-state index is 0.759. The van der Waals surface area contributed by atoms with Gasteiger partial charge < -0.3 is 0 Å². The standard InChI is InChI=1S/C22H23N5S2/c28-22-26(23-21-27(22)19-10-4-5-11-20(19)29-21)17-25-15-13-24(14-16-25)12-6-9-18-7-2-1-3-8-18/h1-11H,12-17H2/b9-6+. The fourth-order valence-electron chi connectivity index (χ4n) is 3.78. The number of nitrogens with zero attached hydrogens (tertiary/aromatic N) is 5. The molecule has 1 saturated heterocycles. The van der Waals surface area contributed by atoms with Crippen molar-refractivity contribution in [3.05, 3.63) is 71.0 Å². The number of aromatic nitrogens is 3. The van der Waals surface area contributed by atoms with Crippen LogP contribution in [0.1, 0.15) is 5.56 Å². The van der Waals surface area contributed by atoms with Gasteiger partial charge in [-0.1, -0.05) is 66.0 Å². The van der Waals surface area contributed by atoms with Gasteiger partial charge in [0, 0.05) is 32.7 Å². The molecule has 2 aromatic heterocycles. The van der Waals surface area contributed by atoms with Crippen molar-refractivity contribution in [3.8, 4) is 0 Å². The van der Waals surface area contributed by atoms with E-state index in [-0.39, 0.29) is 0 Å². The van der Waals surface area contributed by atoms with E-state index in [2.05, 4.69) is 80.9 Å². The molecule has 1 fully saturated rings. The lowest BCUT2D eigenvalue weighted by molar-refractivity contribution is 0.110. The van der Waals surface area contributed by atoms with Gasteiger partial charge in [0.05, 0.1) is 16.9 Å². The number of benzene rings is 2. The molecule has 7 heteroatoms. The first kappa shape index (κ1) is 18.7. The van der Waals surface area contributed by atoms with Crippen LogP contribution in [0.25, 0.3) is 21.3 Å². The highest BCUT2D eigenvalue weighted by Crippen LogP contribution is 2.25. The van der Waals surface area contributed by atoms with Crippen molar-refractivity contribution in [1.29, 1.82) is 0 Å². The van der Waals surface area contributed by atoms with E-state index in [1.807, 2.05) is 4.68 Å². The van der Waals surface area contributed by atoms with Crippen LogP contribution in [-0.2, 0) is 6.67 Å². The molecule has 0 saturated carbocycles. The number of hydrogen-bond acceptors (Lipinski definition) is 5. The van der Waals surface area contributed by atoms with Crippen molar-refractivity contribution in [1.82, 2.24) is 24.0 Å². The summed E-state index contributed by atoms with van der Waals surface area (Å²) in [5.74, 6) is 0. The molecule has 0 bridgehead atoms. The minimum absolute atomic E-state index is 0.759. The third-order valence-electron chi connectivity index (χ3n) is 5.39. The lowest BCUT2D eigenvalue weighted by Crippen LogP contribution is -2.46. The van der Waals surface area contributed by atoms with Crippen LogP contribution in [0.15, 0.2) is 60.7 Å². The molecule has 4 aromatic rings. The predicted octanol–water partition coefficient (Wildman–Crippen LogP) is 4.37. The van der Waals surface area contributed by atoms with Gasteiger partial charge in [0.15, 0.2) is 0 Å². The van der Waals surface area contributed by atoms with E-state index in [0.29, 0.717) is 0 Å². The van der Waals surface area contributed by atoms with E-state index >= 15 is 0 Å². The first-order valence-corrected chi connectivity index (χ1v) is 11.1. The SMILES string of the molecule is S=c1n(CN2CCN(C/C=C/c3ccccc3)CC2)nc2sc3ccccc3n12. The molecule has 1 aliphatic heterocycles. The van der Waals surface area contributed by atoms with Gasteiger partial charge in [0.2, 0.25) is 9.73 Å². The molecule has 5 rings (SSSR count). The number of rotatable bonds is 5. The lowest BCUT2D eigenvalue weighted by Gasteiger charge is -2.33. The molecule has 1 aliphatic rings. The third kappa shape index (κ3) is 3.91. The summed E-state index contributed by atoms with van der Waals surface area (Å²) in [6, 6.07) is 18.8. The van der Waals surface area contributed by atoms with E-state index in [0.717, 1.165) is 54.6 Å². The molecule has 3 heterocycles. The van der Waals surface area contributed by atoms with Crippen LogP contribution in [0.3, 0.4) is 0 Å². The van der Waals surface area contributed by atoms with Gasteiger partial charge in [-0.3, -0.25) is 14.2 Å². The minimum Gasteiger partial charge on any atom is -0.297 e. The smallest absolute Gasteiger partial charge is 0.216 e. The van der Waals surface area contributed by atoms with E-state index < -0.39 is 0 Å². The Hall–Kier alpha value is -2.32. The van der Waals surface area contributed by atoms with Crippen molar-refractivity contribution in [3.63, 3.8) is 0 Å². The molecular formula is C22H23N5S2. The maximum Gasteiger partial charge on any atom is 0.216 e. The molecule has 0 N–H and O–H groups in total. The zero-order valence-corrected chi connectivity index (χ0v) is 17.8. The van der Waals surface area contributed by atoms with Crippen molar-refractivity contribution < 1.29 is 0 Å². The van der Waals surface area contributed by atoms with E-state index in [9.17, 15) is 0 Å². The second-order valence-electron chi connectivity index (χ2n) is 7.34. The normalized spacial score (nSPS) is 16.4. The van der Waals surface area contributed by atoms with E-state index in [4.69, 9.17) is 17.3 Å². The fraction of sp³-hybridized carbons (Fsp3) is 0.273. The molecular weight excluding hydrogens is 398 g/mol. The molecule has 0 spiro atoms. The van der Waals surface area contributed by atoms with Gasteiger partial charge in [-0.2, -0.15) is 0 Å². The Morgan fingerprint density at radius 2 is 1.66 bits per heavy atom. The van der Waals surface area contributed by atoms with Gasteiger partial charge in [0.1, 0.15) is 0 Å². The van der Waals surface area contributed by atoms with E-state index in [1.54, 1.807) is 11.3 Å². The van der Waals surface area contributed by atoms with Gasteiger partial charge in [-0.05, 0) is 29.9 Å². The summed E-state index contributed by atoms with van der Waals surface area (Å²) in [6.07, 6.45) is 4.46. The Morgan fingerprint density at radius 1 is 0.931 bits per heavy atom. The second kappa shape index (κ2) is 8.20. The molecule has 2 aromatic carbocycles. The van der Waals surface area contributed by atoms with Crippen molar-refractivity contribution in [2.45, 2.75) is 6.67 Å². The summed E-state index contributed by atoms with van der Waals surface area (Å²) in [5.41, 5.74) is 2.41. The van der Waals surface area contributed by atoms with Crippen LogP contribution in [0.4, 0.5) is 0 Å². The average Bonchev–Trinajstić information content (AvgIpc) is 3.26. The van der Waals surface area contributed by atoms with Gasteiger partial charge in [-0.15, -0.1) is 5.10 Å². The highest BCUT2D eigenvalue weighted by Gasteiger charge is 2.18. The first-order chi connectivity index (χ1) is 14.3. The van der Waals surface area contributed by atoms with Crippen molar-refractivity contribution >= 4 is 44.8 Å². The predicted molar refractivity (Wildman–Crippen MR) is 123 cm³/mol. The van der Waals surface area contributed by atoms with Crippen LogP contribution in [0, 0.1) is 4.77 Å². The molecule has 5 nitrogen and oxygen atoms in total. The zero-order valence-electron chi connectivity index (χ0n) is 16.1. The quantitative estimate of drug-likeness (QED) is 0.448. The summed E-state index contributed by atoms with van der Waals surface area (Å²) in [4.78, 5) is 5.90. The Labute approximate surface area is 179 Å². The highest BCUT2D eigenvalue weighted by molar-refractivity contribution is 7.71. The summed E-state index contributed by atoms with van der Waals surface area (Å²) in [7, 11) is 0. The average molecular weight is 422 g/mol. The van der Waals surface area contributed by atoms with Crippen LogP contribution >= 0.6 is 23.6 Å². The first-order valence-electron chi connectivity index (χ1n) is 9.91. The Bertz CT molecular complexity index is 1200. The van der Waals surface area contributed by atoms with Gasteiger partial charge >= 0.3 is 0 Å². The number of piperazine rings is 1. The third-order valence-corrected chi connectivity index (χ3v) is 6.79. The maximum absolute atomic E-state index is 5.73. The largest absolute Gasteiger partial charge is 0.297 e. The van der Waals surface area contributed by atoms with Crippen LogP contribution < -0.4 is 0 Å². The molecule has 0 radical (unpaired) electrons. The second-order valence-corrected chi connectivity index (χ2v) is 8.72. The summed E-state index contributed by atoms with van der Waals surface area (Å²) in [6.45, 7) is 5.96. The van der Waals surface area contributed by atoms with Crippen LogP contribution in [0.2, 0.25) is 0 Å². The molecule has 0 unspecified atom stereocenters. The van der Waals surface area contributed by atoms with E-state index in [1.165, 1.54) is 10.3 Å². The summed E-state index contributed by atoms with van der Waals surface area (Å²) >= 11 is 7.42. The molecule has 0 amide bonds. The summed E-state index contributed by atoms with van der Waals surface area (Å²) < 4.78 is 6.08. The summed E-state index contributed by atoms with van der Waals surface area (Å²) in [5, 5.41) is 4.77. The number of para-hydroxylation sites is 1. The van der Waals surface area contributed by atoms with Crippen molar-refractivity contribution in [2.75, 3.05) is 32.7 Å². The molecule has 0 aliphatic carbocycles. The molecule has 0 atom stereocenters. The Morgan fingerprint density at radius 3 is 2.48 bits per heavy atom. The van der Waals surface area contributed by atoms with Crippen LogP contribution in [0.5, 0.6) is 0 Å². The zero-order chi connectivity index (χ0) is 19.6. The highest BCUT2D eigenvalue weighted by atomic mass is 32.1. The Kier molecular flexibility index (Phi) is 5.28. The fourth-order valence-corrected chi connectivity index (χ4v) is 5.15. The number of thiazole rings is 1.